The number of aliphatic imine (C=N–C) groups is 1. The number of aryl methyl sites for hydroxylation is 2. The maximum Gasteiger partial charge on any atom is 0.0302 e. The first-order valence-electron chi connectivity index (χ1n) is 8.42. The summed E-state index contributed by atoms with van der Waals surface area (Å²) in [7, 11) is 0. The molecule has 1 aliphatic carbocycles. The summed E-state index contributed by atoms with van der Waals surface area (Å²) < 4.78 is 0. The van der Waals surface area contributed by atoms with Crippen LogP contribution in [0.4, 0.5) is 0 Å². The molecule has 0 heterocycles. The van der Waals surface area contributed by atoms with Crippen LogP contribution in [-0.2, 0) is 0 Å². The lowest BCUT2D eigenvalue weighted by Crippen LogP contribution is -2.16. The molecule has 0 amide bonds. The van der Waals surface area contributed by atoms with Crippen molar-refractivity contribution < 1.29 is 0 Å². The second-order valence-electron chi connectivity index (χ2n) is 6.44. The van der Waals surface area contributed by atoms with Gasteiger partial charge in [-0.15, -0.1) is 0 Å². The standard InChI is InChI=1S/C20H29N/c1-5-20(18-9-7-6-8-10-18)21-14-17(4)19-12-11-15(2)13-16(19)3/h11-14,18H,5-10H2,1-4H3/b17-14+,21-20?. The number of hydrogen-bond donors (Lipinski definition) is 0. The monoisotopic (exact) mass is 283 g/mol. The first kappa shape index (κ1) is 16.0. The predicted molar refractivity (Wildman–Crippen MR) is 93.9 cm³/mol. The zero-order chi connectivity index (χ0) is 15.2. The Morgan fingerprint density at radius 1 is 1.19 bits per heavy atom. The van der Waals surface area contributed by atoms with E-state index in [2.05, 4.69) is 52.1 Å². The van der Waals surface area contributed by atoms with E-state index >= 15 is 0 Å². The van der Waals surface area contributed by atoms with Crippen molar-refractivity contribution >= 4 is 11.3 Å². The number of benzene rings is 1. The lowest BCUT2D eigenvalue weighted by molar-refractivity contribution is 0.436. The fourth-order valence-corrected chi connectivity index (χ4v) is 3.43. The van der Waals surface area contributed by atoms with Crippen LogP contribution in [-0.4, -0.2) is 5.71 Å². The van der Waals surface area contributed by atoms with E-state index in [1.54, 1.807) is 0 Å². The minimum Gasteiger partial charge on any atom is -0.265 e. The molecule has 1 aliphatic rings. The minimum absolute atomic E-state index is 0.729. The lowest BCUT2D eigenvalue weighted by atomic mass is 9.85. The quantitative estimate of drug-likeness (QED) is 0.592. The molecular formula is C20H29N. The zero-order valence-electron chi connectivity index (χ0n) is 14.1. The highest BCUT2D eigenvalue weighted by Gasteiger charge is 2.17. The van der Waals surface area contributed by atoms with Gasteiger partial charge in [-0.1, -0.05) is 49.9 Å². The molecule has 2 rings (SSSR count). The van der Waals surface area contributed by atoms with E-state index < -0.39 is 0 Å². The summed E-state index contributed by atoms with van der Waals surface area (Å²) in [5.41, 5.74) is 6.66. The normalized spacial score (nSPS) is 18.1. The van der Waals surface area contributed by atoms with Crippen LogP contribution in [0.1, 0.15) is 69.1 Å². The molecule has 0 N–H and O–H groups in total. The van der Waals surface area contributed by atoms with Crippen LogP contribution in [0.2, 0.25) is 0 Å². The fourth-order valence-electron chi connectivity index (χ4n) is 3.43. The van der Waals surface area contributed by atoms with Crippen LogP contribution in [0.5, 0.6) is 0 Å². The molecule has 0 saturated heterocycles. The molecular weight excluding hydrogens is 254 g/mol. The van der Waals surface area contributed by atoms with Crippen molar-refractivity contribution in [1.29, 1.82) is 0 Å². The average Bonchev–Trinajstić information content (AvgIpc) is 2.48. The SMILES string of the molecule is CCC(=N/C=C(\C)c1ccc(C)cc1C)C1CCCCC1. The molecule has 0 aromatic heterocycles. The van der Waals surface area contributed by atoms with Crippen molar-refractivity contribution in [3.05, 3.63) is 41.1 Å². The summed E-state index contributed by atoms with van der Waals surface area (Å²) >= 11 is 0. The van der Waals surface area contributed by atoms with Gasteiger partial charge in [-0.05, 0) is 62.7 Å². The third-order valence-corrected chi connectivity index (χ3v) is 4.67. The van der Waals surface area contributed by atoms with Gasteiger partial charge in [0, 0.05) is 11.9 Å². The van der Waals surface area contributed by atoms with Gasteiger partial charge in [-0.3, -0.25) is 4.99 Å². The summed E-state index contributed by atoms with van der Waals surface area (Å²) in [6.45, 7) is 8.75. The van der Waals surface area contributed by atoms with Gasteiger partial charge in [-0.25, -0.2) is 0 Å². The van der Waals surface area contributed by atoms with Crippen molar-refractivity contribution in [1.82, 2.24) is 0 Å². The molecule has 1 fully saturated rings. The van der Waals surface area contributed by atoms with E-state index in [0.717, 1.165) is 12.3 Å². The van der Waals surface area contributed by atoms with Crippen molar-refractivity contribution in [2.75, 3.05) is 0 Å². The summed E-state index contributed by atoms with van der Waals surface area (Å²) in [6, 6.07) is 6.65. The molecule has 0 aliphatic heterocycles. The van der Waals surface area contributed by atoms with Crippen molar-refractivity contribution in [2.24, 2.45) is 10.9 Å². The Bertz CT molecular complexity index is 531. The summed E-state index contributed by atoms with van der Waals surface area (Å²) in [5.74, 6) is 0.729. The summed E-state index contributed by atoms with van der Waals surface area (Å²) in [5, 5.41) is 0. The van der Waals surface area contributed by atoms with Gasteiger partial charge in [-0.2, -0.15) is 0 Å². The second kappa shape index (κ2) is 7.59. The van der Waals surface area contributed by atoms with Gasteiger partial charge in [0.1, 0.15) is 0 Å². The zero-order valence-corrected chi connectivity index (χ0v) is 14.1. The number of hydrogen-bond acceptors (Lipinski definition) is 1. The van der Waals surface area contributed by atoms with E-state index in [-0.39, 0.29) is 0 Å². The Morgan fingerprint density at radius 3 is 2.52 bits per heavy atom. The van der Waals surface area contributed by atoms with E-state index in [0.29, 0.717) is 0 Å². The number of nitrogens with zero attached hydrogens (tertiary/aromatic N) is 1. The highest BCUT2D eigenvalue weighted by atomic mass is 14.7. The van der Waals surface area contributed by atoms with Crippen molar-refractivity contribution in [3.8, 4) is 0 Å². The predicted octanol–water partition coefficient (Wildman–Crippen LogP) is 6.10. The number of allylic oxidation sites excluding steroid dienone is 1. The van der Waals surface area contributed by atoms with E-state index in [9.17, 15) is 0 Å². The largest absolute Gasteiger partial charge is 0.265 e. The molecule has 1 aromatic carbocycles. The van der Waals surface area contributed by atoms with Gasteiger partial charge >= 0.3 is 0 Å². The van der Waals surface area contributed by atoms with Crippen LogP contribution >= 0.6 is 0 Å². The third kappa shape index (κ3) is 4.30. The molecule has 0 bridgehead atoms. The topological polar surface area (TPSA) is 12.4 Å². The average molecular weight is 283 g/mol. The van der Waals surface area contributed by atoms with E-state index in [4.69, 9.17) is 4.99 Å². The Kier molecular flexibility index (Phi) is 5.78. The van der Waals surface area contributed by atoms with Crippen LogP contribution < -0.4 is 0 Å². The second-order valence-corrected chi connectivity index (χ2v) is 6.44. The molecule has 0 radical (unpaired) electrons. The van der Waals surface area contributed by atoms with E-state index in [1.807, 2.05) is 0 Å². The fraction of sp³-hybridized carbons (Fsp3) is 0.550. The van der Waals surface area contributed by atoms with Crippen molar-refractivity contribution in [2.45, 2.75) is 66.2 Å². The smallest absolute Gasteiger partial charge is 0.0302 e. The summed E-state index contributed by atoms with van der Waals surface area (Å²) in [6.07, 6.45) is 10.0. The minimum atomic E-state index is 0.729. The van der Waals surface area contributed by atoms with Crippen molar-refractivity contribution in [3.63, 3.8) is 0 Å². The number of rotatable bonds is 4. The molecule has 1 heteroatoms. The highest BCUT2D eigenvalue weighted by Crippen LogP contribution is 2.26. The Balaban J connectivity index is 2.18. The molecule has 0 spiro atoms. The Hall–Kier alpha value is -1.37. The molecule has 1 aromatic rings. The summed E-state index contributed by atoms with van der Waals surface area (Å²) in [4.78, 5) is 4.86. The van der Waals surface area contributed by atoms with Crippen LogP contribution in [0.3, 0.4) is 0 Å². The van der Waals surface area contributed by atoms with Gasteiger partial charge in [0.15, 0.2) is 0 Å². The Morgan fingerprint density at radius 2 is 1.90 bits per heavy atom. The third-order valence-electron chi connectivity index (χ3n) is 4.67. The molecule has 0 unspecified atom stereocenters. The van der Waals surface area contributed by atoms with Gasteiger partial charge < -0.3 is 0 Å². The molecule has 21 heavy (non-hydrogen) atoms. The molecule has 1 saturated carbocycles. The highest BCUT2D eigenvalue weighted by molar-refractivity contribution is 5.87. The Labute approximate surface area is 130 Å². The van der Waals surface area contributed by atoms with Crippen LogP contribution in [0, 0.1) is 19.8 Å². The lowest BCUT2D eigenvalue weighted by Gasteiger charge is -2.22. The molecule has 0 atom stereocenters. The first-order chi connectivity index (χ1) is 10.1. The van der Waals surface area contributed by atoms with Crippen LogP contribution in [0.25, 0.3) is 5.57 Å². The maximum atomic E-state index is 4.86. The first-order valence-corrected chi connectivity index (χ1v) is 8.42. The van der Waals surface area contributed by atoms with Gasteiger partial charge in [0.25, 0.3) is 0 Å². The molecule has 1 nitrogen and oxygen atoms in total. The van der Waals surface area contributed by atoms with Gasteiger partial charge in [0.05, 0.1) is 0 Å². The maximum absolute atomic E-state index is 4.86. The van der Waals surface area contributed by atoms with E-state index in [1.165, 1.54) is 60.1 Å². The van der Waals surface area contributed by atoms with Gasteiger partial charge in [0.2, 0.25) is 0 Å². The molecule has 114 valence electrons. The van der Waals surface area contributed by atoms with Crippen LogP contribution in [0.15, 0.2) is 29.4 Å².